The Hall–Kier alpha value is -0.166. The Labute approximate surface area is 173 Å². The summed E-state index contributed by atoms with van der Waals surface area (Å²) in [6.45, 7) is 28.4. The average molecular weight is 413 g/mol. The van der Waals surface area contributed by atoms with Crippen molar-refractivity contribution in [2.45, 2.75) is 111 Å². The van der Waals surface area contributed by atoms with Crippen molar-refractivity contribution < 1.29 is 8.85 Å². The quantitative estimate of drug-likeness (QED) is 0.268. The first kappa shape index (κ1) is 26.8. The highest BCUT2D eigenvalue weighted by Crippen LogP contribution is 2.40. The molecule has 0 bridgehead atoms. The maximum absolute atomic E-state index is 6.84. The zero-order chi connectivity index (χ0) is 21.5. The van der Waals surface area contributed by atoms with Crippen molar-refractivity contribution in [1.29, 1.82) is 0 Å². The van der Waals surface area contributed by atoms with Gasteiger partial charge in [-0.2, -0.15) is 0 Å². The molecule has 2 nitrogen and oxygen atoms in total. The Morgan fingerprint density at radius 2 is 1.37 bits per heavy atom. The normalized spacial score (nSPS) is 17.0. The van der Waals surface area contributed by atoms with E-state index in [4.69, 9.17) is 8.85 Å². The molecule has 0 aromatic carbocycles. The Morgan fingerprint density at radius 1 is 0.852 bits per heavy atom. The largest absolute Gasteiger partial charge is 0.416 e. The fraction of sp³-hybridized carbons (Fsp3) is 0.826. The molecule has 4 heteroatoms. The van der Waals surface area contributed by atoms with E-state index in [0.717, 1.165) is 19.4 Å². The predicted molar refractivity (Wildman–Crippen MR) is 128 cm³/mol. The van der Waals surface area contributed by atoms with E-state index in [0.29, 0.717) is 5.92 Å². The second kappa shape index (κ2) is 10.6. The van der Waals surface area contributed by atoms with Crippen molar-refractivity contribution in [1.82, 2.24) is 0 Å². The molecule has 27 heavy (non-hydrogen) atoms. The van der Waals surface area contributed by atoms with Crippen molar-refractivity contribution in [2.75, 3.05) is 6.61 Å². The molecule has 0 saturated carbocycles. The Morgan fingerprint density at radius 3 is 1.81 bits per heavy atom. The summed E-state index contributed by atoms with van der Waals surface area (Å²) >= 11 is 0. The lowest BCUT2D eigenvalue weighted by Crippen LogP contribution is -2.47. The molecule has 0 N–H and O–H groups in total. The van der Waals surface area contributed by atoms with Crippen molar-refractivity contribution >= 4 is 16.6 Å². The van der Waals surface area contributed by atoms with Crippen LogP contribution in [-0.2, 0) is 8.85 Å². The van der Waals surface area contributed by atoms with E-state index in [1.54, 1.807) is 0 Å². The molecule has 0 aromatic rings. The minimum absolute atomic E-state index is 0.228. The summed E-state index contributed by atoms with van der Waals surface area (Å²) in [5.74, 6) is 0.406. The van der Waals surface area contributed by atoms with E-state index in [1.165, 1.54) is 0 Å². The zero-order valence-electron chi connectivity index (χ0n) is 20.4. The summed E-state index contributed by atoms with van der Waals surface area (Å²) in [7, 11) is -3.52. The molecule has 0 unspecified atom stereocenters. The molecule has 0 amide bonds. The first-order chi connectivity index (χ1) is 12.0. The van der Waals surface area contributed by atoms with E-state index in [1.807, 2.05) is 6.92 Å². The lowest BCUT2D eigenvalue weighted by Gasteiger charge is -2.42. The number of hydrogen-bond acceptors (Lipinski definition) is 2. The van der Waals surface area contributed by atoms with E-state index in [-0.39, 0.29) is 16.2 Å². The molecule has 0 heterocycles. The van der Waals surface area contributed by atoms with Crippen molar-refractivity contribution in [3.05, 3.63) is 24.3 Å². The van der Waals surface area contributed by atoms with Gasteiger partial charge in [-0.05, 0) is 56.0 Å². The SMILES string of the molecule is C/C=C/C=C/CC[C@H](O[Si](C)(C)C(C)(C)C)[C@H](C)CO[Si](C)(C)C(C)(C)C. The van der Waals surface area contributed by atoms with Gasteiger partial charge in [-0.1, -0.05) is 72.8 Å². The molecular formula is C23H48O2Si2. The molecule has 2 atom stereocenters. The van der Waals surface area contributed by atoms with Gasteiger partial charge in [0, 0.05) is 12.5 Å². The van der Waals surface area contributed by atoms with Crippen LogP contribution in [0.15, 0.2) is 24.3 Å². The highest BCUT2D eigenvalue weighted by Gasteiger charge is 2.41. The highest BCUT2D eigenvalue weighted by atomic mass is 28.4. The smallest absolute Gasteiger partial charge is 0.192 e. The summed E-state index contributed by atoms with van der Waals surface area (Å²) in [4.78, 5) is 0. The van der Waals surface area contributed by atoms with E-state index in [9.17, 15) is 0 Å². The van der Waals surface area contributed by atoms with Gasteiger partial charge in [0.1, 0.15) is 0 Å². The van der Waals surface area contributed by atoms with Crippen molar-refractivity contribution in [3.63, 3.8) is 0 Å². The van der Waals surface area contributed by atoms with Crippen molar-refractivity contribution in [2.24, 2.45) is 5.92 Å². The molecule has 0 radical (unpaired) electrons. The third-order valence-corrected chi connectivity index (χ3v) is 15.5. The van der Waals surface area contributed by atoms with Crippen LogP contribution < -0.4 is 0 Å². The van der Waals surface area contributed by atoms with Gasteiger partial charge >= 0.3 is 0 Å². The van der Waals surface area contributed by atoms with Gasteiger partial charge in [0.15, 0.2) is 16.6 Å². The van der Waals surface area contributed by atoms with Gasteiger partial charge < -0.3 is 8.85 Å². The van der Waals surface area contributed by atoms with Crippen LogP contribution in [0.3, 0.4) is 0 Å². The van der Waals surface area contributed by atoms with Crippen LogP contribution in [0.25, 0.3) is 0 Å². The Balaban J connectivity index is 5.15. The molecule has 0 aromatic heterocycles. The average Bonchev–Trinajstić information content (AvgIpc) is 2.49. The minimum atomic E-state index is -1.80. The van der Waals surface area contributed by atoms with Crippen LogP contribution in [0.4, 0.5) is 0 Å². The monoisotopic (exact) mass is 412 g/mol. The second-order valence-corrected chi connectivity index (χ2v) is 20.6. The fourth-order valence-corrected chi connectivity index (χ4v) is 4.80. The highest BCUT2D eigenvalue weighted by molar-refractivity contribution is 6.74. The van der Waals surface area contributed by atoms with Crippen LogP contribution in [0.2, 0.25) is 36.3 Å². The summed E-state index contributed by atoms with van der Waals surface area (Å²) in [6, 6.07) is 0. The first-order valence-corrected chi connectivity index (χ1v) is 16.5. The molecule has 0 aliphatic carbocycles. The zero-order valence-corrected chi connectivity index (χ0v) is 22.4. The maximum Gasteiger partial charge on any atom is 0.192 e. The minimum Gasteiger partial charge on any atom is -0.416 e. The van der Waals surface area contributed by atoms with Crippen molar-refractivity contribution in [3.8, 4) is 0 Å². The Kier molecular flexibility index (Phi) is 10.5. The van der Waals surface area contributed by atoms with E-state index in [2.05, 4.69) is 99.0 Å². The maximum atomic E-state index is 6.84. The van der Waals surface area contributed by atoms with Crippen LogP contribution >= 0.6 is 0 Å². The lowest BCUT2D eigenvalue weighted by molar-refractivity contribution is 0.0822. The molecule has 0 fully saturated rings. The summed E-state index contributed by atoms with van der Waals surface area (Å²) in [6.07, 6.45) is 10.9. The topological polar surface area (TPSA) is 18.5 Å². The molecule has 0 saturated heterocycles. The van der Waals surface area contributed by atoms with E-state index >= 15 is 0 Å². The van der Waals surface area contributed by atoms with Gasteiger partial charge in [0.25, 0.3) is 0 Å². The van der Waals surface area contributed by atoms with Crippen LogP contribution in [0.1, 0.15) is 68.2 Å². The third-order valence-electron chi connectivity index (χ3n) is 6.46. The van der Waals surface area contributed by atoms with Gasteiger partial charge in [0.2, 0.25) is 0 Å². The fourth-order valence-electron chi connectivity index (χ4n) is 2.22. The molecule has 0 spiro atoms. The third kappa shape index (κ3) is 9.25. The predicted octanol–water partition coefficient (Wildman–Crippen LogP) is 7.95. The Bertz CT molecular complexity index is 480. The lowest BCUT2D eigenvalue weighted by atomic mass is 10.0. The van der Waals surface area contributed by atoms with Crippen LogP contribution in [-0.4, -0.2) is 29.3 Å². The number of rotatable bonds is 10. The molecule has 0 rings (SSSR count). The standard InChI is InChI=1S/C23H48O2Si2/c1-13-14-15-16-17-18-21(25-27(11,12)23(6,7)8)20(2)19-24-26(9,10)22(3,4)5/h13-16,20-21H,17-19H2,1-12H3/b14-13+,16-15+/t20-,21+/m1/s1. The van der Waals surface area contributed by atoms with E-state index < -0.39 is 16.6 Å². The second-order valence-electron chi connectivity index (χ2n) is 11.0. The van der Waals surface area contributed by atoms with Gasteiger partial charge in [-0.25, -0.2) is 0 Å². The summed E-state index contributed by atoms with van der Waals surface area (Å²) < 4.78 is 13.4. The summed E-state index contributed by atoms with van der Waals surface area (Å²) in [5.41, 5.74) is 0. The molecule has 0 aliphatic rings. The van der Waals surface area contributed by atoms with Crippen LogP contribution in [0.5, 0.6) is 0 Å². The molecule has 0 aliphatic heterocycles. The van der Waals surface area contributed by atoms with Crippen LogP contribution in [0, 0.1) is 5.92 Å². The first-order valence-electron chi connectivity index (χ1n) is 10.6. The van der Waals surface area contributed by atoms with Gasteiger partial charge in [0.05, 0.1) is 6.10 Å². The number of allylic oxidation sites excluding steroid dienone is 4. The molecule has 160 valence electrons. The summed E-state index contributed by atoms with van der Waals surface area (Å²) in [5, 5.41) is 0.476. The number of hydrogen-bond donors (Lipinski definition) is 0. The van der Waals surface area contributed by atoms with Gasteiger partial charge in [-0.3, -0.25) is 0 Å². The molecular weight excluding hydrogens is 364 g/mol. The van der Waals surface area contributed by atoms with Gasteiger partial charge in [-0.15, -0.1) is 0 Å².